The third-order valence-electron chi connectivity index (χ3n) is 3.58. The van der Waals surface area contributed by atoms with Gasteiger partial charge in [0.1, 0.15) is 11.6 Å². The van der Waals surface area contributed by atoms with Crippen LogP contribution in [0.4, 0.5) is 10.1 Å². The summed E-state index contributed by atoms with van der Waals surface area (Å²) in [4.78, 5) is 11.9. The highest BCUT2D eigenvalue weighted by molar-refractivity contribution is 7.99. The molecular formula is C19H18FN3O3S. The van der Waals surface area contributed by atoms with Gasteiger partial charge in [0.05, 0.1) is 5.75 Å². The molecule has 6 nitrogen and oxygen atoms in total. The van der Waals surface area contributed by atoms with Gasteiger partial charge in [-0.15, -0.1) is 10.2 Å². The van der Waals surface area contributed by atoms with Crippen molar-refractivity contribution in [3.63, 3.8) is 0 Å². The van der Waals surface area contributed by atoms with Crippen LogP contribution >= 0.6 is 11.8 Å². The molecule has 3 aromatic rings. The van der Waals surface area contributed by atoms with E-state index in [0.29, 0.717) is 11.6 Å². The SMILES string of the molecule is Cc1ccc(C)c(OCc2nnc(SCC(=O)Nc3cccc(F)c3)o2)c1. The molecule has 0 bridgehead atoms. The molecule has 1 N–H and O–H groups in total. The van der Waals surface area contributed by atoms with Gasteiger partial charge in [-0.1, -0.05) is 30.0 Å². The number of carbonyl (C=O) groups excluding carboxylic acids is 1. The number of amides is 1. The van der Waals surface area contributed by atoms with E-state index in [-0.39, 0.29) is 23.5 Å². The summed E-state index contributed by atoms with van der Waals surface area (Å²) in [6.07, 6.45) is 0. The van der Waals surface area contributed by atoms with Crippen molar-refractivity contribution in [2.75, 3.05) is 11.1 Å². The molecule has 3 rings (SSSR count). The van der Waals surface area contributed by atoms with Crippen molar-refractivity contribution >= 4 is 23.4 Å². The fourth-order valence-corrected chi connectivity index (χ4v) is 2.83. The number of hydrogen-bond donors (Lipinski definition) is 1. The maximum absolute atomic E-state index is 13.1. The standard InChI is InChI=1S/C19H18FN3O3S/c1-12-6-7-13(2)16(8-12)25-10-18-22-23-19(26-18)27-11-17(24)21-15-5-3-4-14(20)9-15/h3-9H,10-11H2,1-2H3,(H,21,24). The predicted octanol–water partition coefficient (Wildman–Crippen LogP) is 4.14. The summed E-state index contributed by atoms with van der Waals surface area (Å²) in [6.45, 7) is 4.09. The van der Waals surface area contributed by atoms with E-state index in [1.807, 2.05) is 32.0 Å². The molecule has 8 heteroatoms. The maximum atomic E-state index is 13.1. The van der Waals surface area contributed by atoms with Crippen molar-refractivity contribution in [2.45, 2.75) is 25.7 Å². The molecule has 0 radical (unpaired) electrons. The van der Waals surface area contributed by atoms with Crippen LogP contribution in [0.25, 0.3) is 0 Å². The van der Waals surface area contributed by atoms with Crippen LogP contribution < -0.4 is 10.1 Å². The molecule has 0 aliphatic carbocycles. The third kappa shape index (κ3) is 5.55. The first-order chi connectivity index (χ1) is 13.0. The molecule has 0 fully saturated rings. The van der Waals surface area contributed by atoms with Gasteiger partial charge in [-0.3, -0.25) is 4.79 Å². The fraction of sp³-hybridized carbons (Fsp3) is 0.211. The molecule has 140 valence electrons. The van der Waals surface area contributed by atoms with Crippen molar-refractivity contribution in [3.05, 3.63) is 65.3 Å². The number of aromatic nitrogens is 2. The quantitative estimate of drug-likeness (QED) is 0.614. The number of nitrogens with zero attached hydrogens (tertiary/aromatic N) is 2. The predicted molar refractivity (Wildman–Crippen MR) is 100 cm³/mol. The van der Waals surface area contributed by atoms with E-state index in [0.717, 1.165) is 28.6 Å². The molecule has 1 amide bonds. The molecule has 0 aliphatic heterocycles. The van der Waals surface area contributed by atoms with E-state index in [9.17, 15) is 9.18 Å². The van der Waals surface area contributed by atoms with Gasteiger partial charge in [0.2, 0.25) is 5.91 Å². The molecule has 0 saturated carbocycles. The van der Waals surface area contributed by atoms with Gasteiger partial charge in [0.15, 0.2) is 6.61 Å². The Morgan fingerprint density at radius 1 is 1.22 bits per heavy atom. The Hall–Kier alpha value is -2.87. The van der Waals surface area contributed by atoms with Crippen LogP contribution in [0.3, 0.4) is 0 Å². The molecule has 2 aromatic carbocycles. The van der Waals surface area contributed by atoms with Gasteiger partial charge in [-0.25, -0.2) is 4.39 Å². The normalized spacial score (nSPS) is 10.6. The Kier molecular flexibility index (Phi) is 6.08. The van der Waals surface area contributed by atoms with Crippen molar-refractivity contribution in [1.82, 2.24) is 10.2 Å². The summed E-state index contributed by atoms with van der Waals surface area (Å²) in [5.74, 6) is 0.444. The van der Waals surface area contributed by atoms with Gasteiger partial charge >= 0.3 is 0 Å². The van der Waals surface area contributed by atoms with Crippen LogP contribution in [0, 0.1) is 19.7 Å². The summed E-state index contributed by atoms with van der Waals surface area (Å²) < 4.78 is 24.3. The van der Waals surface area contributed by atoms with E-state index in [2.05, 4.69) is 15.5 Å². The Morgan fingerprint density at radius 3 is 2.89 bits per heavy atom. The molecular weight excluding hydrogens is 369 g/mol. The van der Waals surface area contributed by atoms with E-state index in [4.69, 9.17) is 9.15 Å². The van der Waals surface area contributed by atoms with E-state index in [1.54, 1.807) is 6.07 Å². The highest BCUT2D eigenvalue weighted by Gasteiger charge is 2.11. The van der Waals surface area contributed by atoms with Crippen LogP contribution in [0.2, 0.25) is 0 Å². The Balaban J connectivity index is 1.49. The maximum Gasteiger partial charge on any atom is 0.277 e. The highest BCUT2D eigenvalue weighted by Crippen LogP contribution is 2.21. The summed E-state index contributed by atoms with van der Waals surface area (Å²) in [6, 6.07) is 11.6. The van der Waals surface area contributed by atoms with Gasteiger partial charge in [0.25, 0.3) is 11.1 Å². The summed E-state index contributed by atoms with van der Waals surface area (Å²) in [5, 5.41) is 10.7. The van der Waals surface area contributed by atoms with Crippen LogP contribution in [-0.4, -0.2) is 21.9 Å². The minimum Gasteiger partial charge on any atom is -0.484 e. The lowest BCUT2D eigenvalue weighted by molar-refractivity contribution is -0.113. The number of aryl methyl sites for hydroxylation is 2. The van der Waals surface area contributed by atoms with Gasteiger partial charge < -0.3 is 14.5 Å². The first kappa shape index (κ1) is 18.9. The van der Waals surface area contributed by atoms with Crippen molar-refractivity contribution in [1.29, 1.82) is 0 Å². The second kappa shape index (κ2) is 8.68. The first-order valence-corrected chi connectivity index (χ1v) is 9.19. The van der Waals surface area contributed by atoms with Gasteiger partial charge in [-0.2, -0.15) is 0 Å². The average Bonchev–Trinajstić information content (AvgIpc) is 3.09. The molecule has 0 spiro atoms. The van der Waals surface area contributed by atoms with Gasteiger partial charge in [-0.05, 0) is 49.2 Å². The molecule has 1 heterocycles. The van der Waals surface area contributed by atoms with Crippen LogP contribution in [0.5, 0.6) is 5.75 Å². The minimum absolute atomic E-state index is 0.0655. The van der Waals surface area contributed by atoms with Crippen LogP contribution in [0.1, 0.15) is 17.0 Å². The van der Waals surface area contributed by atoms with Crippen molar-refractivity contribution in [2.24, 2.45) is 0 Å². The minimum atomic E-state index is -0.411. The fourth-order valence-electron chi connectivity index (χ4n) is 2.25. The molecule has 0 unspecified atom stereocenters. The number of carbonyl (C=O) groups is 1. The highest BCUT2D eigenvalue weighted by atomic mass is 32.2. The second-order valence-electron chi connectivity index (χ2n) is 5.87. The Morgan fingerprint density at radius 2 is 2.07 bits per heavy atom. The zero-order valence-electron chi connectivity index (χ0n) is 14.9. The number of hydrogen-bond acceptors (Lipinski definition) is 6. The topological polar surface area (TPSA) is 77.2 Å². The number of nitrogens with one attached hydrogen (secondary N) is 1. The first-order valence-electron chi connectivity index (χ1n) is 8.20. The third-order valence-corrected chi connectivity index (χ3v) is 4.40. The van der Waals surface area contributed by atoms with Crippen LogP contribution in [-0.2, 0) is 11.4 Å². The van der Waals surface area contributed by atoms with E-state index >= 15 is 0 Å². The molecule has 0 atom stereocenters. The Bertz CT molecular complexity index is 945. The number of thioether (sulfide) groups is 1. The van der Waals surface area contributed by atoms with Crippen LogP contribution in [0.15, 0.2) is 52.1 Å². The van der Waals surface area contributed by atoms with E-state index in [1.165, 1.54) is 18.2 Å². The Labute approximate surface area is 160 Å². The largest absolute Gasteiger partial charge is 0.484 e. The smallest absolute Gasteiger partial charge is 0.277 e. The molecule has 0 aliphatic rings. The molecule has 1 aromatic heterocycles. The molecule has 0 saturated heterocycles. The lowest BCUT2D eigenvalue weighted by Crippen LogP contribution is -2.14. The monoisotopic (exact) mass is 387 g/mol. The number of halogens is 1. The lowest BCUT2D eigenvalue weighted by atomic mass is 10.1. The van der Waals surface area contributed by atoms with Crippen molar-refractivity contribution in [3.8, 4) is 5.75 Å². The lowest BCUT2D eigenvalue weighted by Gasteiger charge is -2.07. The van der Waals surface area contributed by atoms with Crippen molar-refractivity contribution < 1.29 is 18.3 Å². The van der Waals surface area contributed by atoms with E-state index < -0.39 is 5.82 Å². The average molecular weight is 387 g/mol. The number of rotatable bonds is 7. The number of anilines is 1. The summed E-state index contributed by atoms with van der Waals surface area (Å²) in [7, 11) is 0. The second-order valence-corrected chi connectivity index (χ2v) is 6.79. The number of benzene rings is 2. The molecule has 27 heavy (non-hydrogen) atoms. The summed E-state index contributed by atoms with van der Waals surface area (Å²) in [5.41, 5.74) is 2.51. The number of ether oxygens (including phenoxy) is 1. The van der Waals surface area contributed by atoms with Gasteiger partial charge in [0, 0.05) is 5.69 Å². The zero-order valence-corrected chi connectivity index (χ0v) is 15.7. The zero-order chi connectivity index (χ0) is 19.2. The summed E-state index contributed by atoms with van der Waals surface area (Å²) >= 11 is 1.10.